The van der Waals surface area contributed by atoms with Gasteiger partial charge in [-0.3, -0.25) is 4.79 Å². The Bertz CT molecular complexity index is 1360. The van der Waals surface area contributed by atoms with Crippen molar-refractivity contribution in [3.63, 3.8) is 0 Å². The largest absolute Gasteiger partial charge is 0.495 e. The SMILES string of the molecule is COc1ccccc1NC(=S)N(Cc1ccccc1)Cc1cc2cc(C)c(Cl)cc2[nH]c1=O. The zero-order valence-corrected chi connectivity index (χ0v) is 20.0. The number of para-hydroxylation sites is 2. The van der Waals surface area contributed by atoms with Crippen molar-refractivity contribution in [3.05, 3.63) is 105 Å². The second kappa shape index (κ2) is 10.1. The molecule has 0 amide bonds. The van der Waals surface area contributed by atoms with Crippen molar-refractivity contribution in [2.24, 2.45) is 0 Å². The first kappa shape index (κ1) is 22.8. The molecule has 0 saturated heterocycles. The Balaban J connectivity index is 1.67. The van der Waals surface area contributed by atoms with Crippen molar-refractivity contribution in [2.75, 3.05) is 12.4 Å². The van der Waals surface area contributed by atoms with Gasteiger partial charge in [-0.25, -0.2) is 0 Å². The first-order valence-corrected chi connectivity index (χ1v) is 11.3. The number of hydrogen-bond donors (Lipinski definition) is 2. The normalized spacial score (nSPS) is 10.8. The molecule has 0 fully saturated rings. The van der Waals surface area contributed by atoms with Gasteiger partial charge in [0.15, 0.2) is 5.11 Å². The number of pyridine rings is 1. The van der Waals surface area contributed by atoms with Crippen molar-refractivity contribution in [1.29, 1.82) is 0 Å². The molecule has 0 radical (unpaired) electrons. The zero-order valence-electron chi connectivity index (χ0n) is 18.4. The van der Waals surface area contributed by atoms with Crippen LogP contribution < -0.4 is 15.6 Å². The molecule has 2 N–H and O–H groups in total. The van der Waals surface area contributed by atoms with E-state index in [1.807, 2.05) is 78.6 Å². The lowest BCUT2D eigenvalue weighted by Crippen LogP contribution is -2.35. The fourth-order valence-electron chi connectivity index (χ4n) is 3.66. The third kappa shape index (κ3) is 5.35. The standard InChI is InChI=1S/C26H24ClN3O2S/c1-17-12-19-13-20(25(31)28-23(19)14-21(17)27)16-30(15-18-8-4-3-5-9-18)26(33)29-22-10-6-7-11-24(22)32-2/h3-14H,15-16H2,1-2H3,(H,28,31)(H,29,33). The molecule has 4 rings (SSSR count). The van der Waals surface area contributed by atoms with Gasteiger partial charge in [0.25, 0.3) is 5.56 Å². The number of methoxy groups -OCH3 is 1. The summed E-state index contributed by atoms with van der Waals surface area (Å²) >= 11 is 12.0. The molecule has 1 aromatic heterocycles. The molecule has 4 aromatic rings. The molecular weight excluding hydrogens is 454 g/mol. The van der Waals surface area contributed by atoms with E-state index in [9.17, 15) is 4.79 Å². The summed E-state index contributed by atoms with van der Waals surface area (Å²) in [6.07, 6.45) is 0. The summed E-state index contributed by atoms with van der Waals surface area (Å²) in [5, 5.41) is 5.32. The highest BCUT2D eigenvalue weighted by Crippen LogP contribution is 2.25. The van der Waals surface area contributed by atoms with E-state index in [-0.39, 0.29) is 5.56 Å². The summed E-state index contributed by atoms with van der Waals surface area (Å²) in [4.78, 5) is 17.8. The van der Waals surface area contributed by atoms with Gasteiger partial charge in [0.2, 0.25) is 0 Å². The van der Waals surface area contributed by atoms with E-state index in [1.165, 1.54) is 0 Å². The number of hydrogen-bond acceptors (Lipinski definition) is 3. The van der Waals surface area contributed by atoms with E-state index < -0.39 is 0 Å². The van der Waals surface area contributed by atoms with E-state index in [2.05, 4.69) is 10.3 Å². The lowest BCUT2D eigenvalue weighted by Gasteiger charge is -2.26. The maximum Gasteiger partial charge on any atom is 0.253 e. The van der Waals surface area contributed by atoms with E-state index in [0.717, 1.165) is 22.2 Å². The Morgan fingerprint density at radius 1 is 1.06 bits per heavy atom. The van der Waals surface area contributed by atoms with Crippen molar-refractivity contribution >= 4 is 45.5 Å². The number of benzene rings is 3. The lowest BCUT2D eigenvalue weighted by molar-refractivity contribution is 0.408. The van der Waals surface area contributed by atoms with Crippen molar-refractivity contribution in [3.8, 4) is 5.75 Å². The van der Waals surface area contributed by atoms with Crippen molar-refractivity contribution in [2.45, 2.75) is 20.0 Å². The molecule has 168 valence electrons. The van der Waals surface area contributed by atoms with Gasteiger partial charge in [0.05, 0.1) is 19.3 Å². The smallest absolute Gasteiger partial charge is 0.253 e. The number of rotatable bonds is 6. The molecule has 0 atom stereocenters. The number of thiocarbonyl (C=S) groups is 1. The Hall–Kier alpha value is -3.35. The average molecular weight is 478 g/mol. The van der Waals surface area contributed by atoms with Crippen LogP contribution in [0.15, 0.2) is 77.6 Å². The molecule has 1 heterocycles. The summed E-state index contributed by atoms with van der Waals surface area (Å²) in [5.41, 5.74) is 3.97. The number of ether oxygens (including phenoxy) is 1. The van der Waals surface area contributed by atoms with Gasteiger partial charge in [-0.15, -0.1) is 0 Å². The van der Waals surface area contributed by atoms with Gasteiger partial charge < -0.3 is 19.9 Å². The number of nitrogens with zero attached hydrogens (tertiary/aromatic N) is 1. The molecule has 0 aliphatic carbocycles. The van der Waals surface area contributed by atoms with Crippen LogP contribution in [0.3, 0.4) is 0 Å². The minimum Gasteiger partial charge on any atom is -0.495 e. The third-order valence-corrected chi connectivity index (χ3v) is 6.18. The molecule has 0 bridgehead atoms. The van der Waals surface area contributed by atoms with Gasteiger partial charge in [-0.1, -0.05) is 54.1 Å². The topological polar surface area (TPSA) is 57.4 Å². The van der Waals surface area contributed by atoms with Gasteiger partial charge in [0.1, 0.15) is 5.75 Å². The Morgan fingerprint density at radius 3 is 2.55 bits per heavy atom. The molecule has 0 aliphatic rings. The van der Waals surface area contributed by atoms with Crippen LogP contribution in [0.2, 0.25) is 5.02 Å². The number of fused-ring (bicyclic) bond motifs is 1. The monoisotopic (exact) mass is 477 g/mol. The molecule has 3 aromatic carbocycles. The van der Waals surface area contributed by atoms with Crippen LogP contribution in [0, 0.1) is 6.92 Å². The van der Waals surface area contributed by atoms with E-state index in [4.69, 9.17) is 28.6 Å². The molecule has 0 saturated carbocycles. The van der Waals surface area contributed by atoms with Gasteiger partial charge in [-0.05, 0) is 66.0 Å². The number of H-pyrrole nitrogens is 1. The third-order valence-electron chi connectivity index (χ3n) is 5.41. The highest BCUT2D eigenvalue weighted by atomic mass is 35.5. The summed E-state index contributed by atoms with van der Waals surface area (Å²) in [7, 11) is 1.62. The van der Waals surface area contributed by atoms with Crippen LogP contribution in [-0.2, 0) is 13.1 Å². The maximum absolute atomic E-state index is 12.9. The van der Waals surface area contributed by atoms with Crippen LogP contribution in [0.25, 0.3) is 10.9 Å². The minimum absolute atomic E-state index is 0.166. The van der Waals surface area contributed by atoms with Crippen LogP contribution >= 0.6 is 23.8 Å². The predicted octanol–water partition coefficient (Wildman–Crippen LogP) is 5.90. The molecule has 33 heavy (non-hydrogen) atoms. The zero-order chi connectivity index (χ0) is 23.4. The second-order valence-electron chi connectivity index (χ2n) is 7.78. The molecule has 7 heteroatoms. The Kier molecular flexibility index (Phi) is 6.96. The predicted molar refractivity (Wildman–Crippen MR) is 139 cm³/mol. The minimum atomic E-state index is -0.166. The van der Waals surface area contributed by atoms with Gasteiger partial charge in [-0.2, -0.15) is 0 Å². The number of aromatic amines is 1. The van der Waals surface area contributed by atoms with E-state index in [1.54, 1.807) is 13.2 Å². The average Bonchev–Trinajstić information content (AvgIpc) is 2.81. The fraction of sp³-hybridized carbons (Fsp3) is 0.154. The summed E-state index contributed by atoms with van der Waals surface area (Å²) < 4.78 is 5.44. The lowest BCUT2D eigenvalue weighted by atomic mass is 10.1. The van der Waals surface area contributed by atoms with E-state index in [0.29, 0.717) is 40.1 Å². The molecule has 5 nitrogen and oxygen atoms in total. The summed E-state index contributed by atoms with van der Waals surface area (Å²) in [5.74, 6) is 0.690. The van der Waals surface area contributed by atoms with E-state index >= 15 is 0 Å². The molecule has 0 spiro atoms. The van der Waals surface area contributed by atoms with Gasteiger partial charge >= 0.3 is 0 Å². The number of nitrogens with one attached hydrogen (secondary N) is 2. The fourth-order valence-corrected chi connectivity index (χ4v) is 4.06. The number of aromatic nitrogens is 1. The number of halogens is 1. The first-order valence-electron chi connectivity index (χ1n) is 10.5. The quantitative estimate of drug-likeness (QED) is 0.339. The van der Waals surface area contributed by atoms with Crippen LogP contribution in [-0.4, -0.2) is 22.1 Å². The van der Waals surface area contributed by atoms with Crippen LogP contribution in [0.5, 0.6) is 5.75 Å². The highest BCUT2D eigenvalue weighted by molar-refractivity contribution is 7.80. The molecule has 0 aliphatic heterocycles. The first-order chi connectivity index (χ1) is 15.9. The van der Waals surface area contributed by atoms with Crippen LogP contribution in [0.4, 0.5) is 5.69 Å². The van der Waals surface area contributed by atoms with Crippen LogP contribution in [0.1, 0.15) is 16.7 Å². The summed E-state index contributed by atoms with van der Waals surface area (Å²) in [6, 6.07) is 23.3. The summed E-state index contributed by atoms with van der Waals surface area (Å²) in [6.45, 7) is 2.82. The highest BCUT2D eigenvalue weighted by Gasteiger charge is 2.16. The Labute approximate surface area is 203 Å². The molecule has 0 unspecified atom stereocenters. The second-order valence-corrected chi connectivity index (χ2v) is 8.58. The van der Waals surface area contributed by atoms with Crippen molar-refractivity contribution in [1.82, 2.24) is 9.88 Å². The molecular formula is C26H24ClN3O2S. The van der Waals surface area contributed by atoms with Gasteiger partial charge in [0, 0.05) is 22.6 Å². The Morgan fingerprint density at radius 2 is 1.79 bits per heavy atom. The van der Waals surface area contributed by atoms with Crippen molar-refractivity contribution < 1.29 is 4.74 Å². The number of anilines is 1. The number of aryl methyl sites for hydroxylation is 1. The maximum atomic E-state index is 12.9.